The van der Waals surface area contributed by atoms with Crippen molar-refractivity contribution in [2.24, 2.45) is 0 Å². The average molecular weight is 463 g/mol. The Balaban J connectivity index is 1.69. The Morgan fingerprint density at radius 3 is 2.28 bits per heavy atom. The lowest BCUT2D eigenvalue weighted by atomic mass is 10.1. The fraction of sp³-hybridized carbons (Fsp3) is 0.435. The maximum absolute atomic E-state index is 12.7. The van der Waals surface area contributed by atoms with E-state index in [1.807, 2.05) is 39.0 Å². The summed E-state index contributed by atoms with van der Waals surface area (Å²) in [4.78, 5) is 12.9. The standard InChI is InChI=1S/C23H30N2O6S/c1-4-30-21-11-8-19(16-22(21)31-5-2)17(3)24-23(26)18-6-9-20(10-7-18)32(27,28)25-12-14-29-15-13-25/h6-11,16-17H,4-5,12-15H2,1-3H3,(H,24,26)/t17-/m0/s1. The van der Waals surface area contributed by atoms with Crippen molar-refractivity contribution in [3.05, 3.63) is 53.6 Å². The molecule has 2 aromatic rings. The zero-order valence-electron chi connectivity index (χ0n) is 18.7. The van der Waals surface area contributed by atoms with Crippen molar-refractivity contribution in [3.8, 4) is 11.5 Å². The first-order valence-electron chi connectivity index (χ1n) is 10.7. The number of morpholine rings is 1. The first kappa shape index (κ1) is 24.0. The van der Waals surface area contributed by atoms with E-state index in [0.29, 0.717) is 56.6 Å². The Morgan fingerprint density at radius 2 is 1.66 bits per heavy atom. The topological polar surface area (TPSA) is 94.2 Å². The summed E-state index contributed by atoms with van der Waals surface area (Å²) in [6.45, 7) is 8.14. The minimum Gasteiger partial charge on any atom is -0.490 e. The maximum Gasteiger partial charge on any atom is 0.251 e. The van der Waals surface area contributed by atoms with Gasteiger partial charge in [-0.2, -0.15) is 4.31 Å². The van der Waals surface area contributed by atoms with Crippen molar-refractivity contribution < 1.29 is 27.4 Å². The summed E-state index contributed by atoms with van der Waals surface area (Å²) in [6, 6.07) is 11.3. The van der Waals surface area contributed by atoms with E-state index >= 15 is 0 Å². The highest BCUT2D eigenvalue weighted by molar-refractivity contribution is 7.89. The lowest BCUT2D eigenvalue weighted by Gasteiger charge is -2.26. The number of rotatable bonds is 9. The number of sulfonamides is 1. The molecule has 9 heteroatoms. The minimum atomic E-state index is -3.59. The number of hydrogen-bond acceptors (Lipinski definition) is 6. The van der Waals surface area contributed by atoms with Crippen LogP contribution in [-0.2, 0) is 14.8 Å². The summed E-state index contributed by atoms with van der Waals surface area (Å²) in [6.07, 6.45) is 0. The Labute approximate surface area is 189 Å². The normalized spacial score (nSPS) is 15.7. The summed E-state index contributed by atoms with van der Waals surface area (Å²) in [7, 11) is -3.59. The third kappa shape index (κ3) is 5.59. The van der Waals surface area contributed by atoms with Gasteiger partial charge in [0, 0.05) is 18.7 Å². The lowest BCUT2D eigenvalue weighted by molar-refractivity contribution is 0.0730. The van der Waals surface area contributed by atoms with Gasteiger partial charge in [0.25, 0.3) is 5.91 Å². The molecule has 32 heavy (non-hydrogen) atoms. The van der Waals surface area contributed by atoms with Gasteiger partial charge in [0.2, 0.25) is 10.0 Å². The van der Waals surface area contributed by atoms with Crippen molar-refractivity contribution in [3.63, 3.8) is 0 Å². The van der Waals surface area contributed by atoms with Gasteiger partial charge in [-0.15, -0.1) is 0 Å². The molecule has 0 aliphatic carbocycles. The van der Waals surface area contributed by atoms with Gasteiger partial charge in [-0.1, -0.05) is 6.07 Å². The number of nitrogens with zero attached hydrogens (tertiary/aromatic N) is 1. The zero-order valence-corrected chi connectivity index (χ0v) is 19.5. The molecule has 1 saturated heterocycles. The van der Waals surface area contributed by atoms with Gasteiger partial charge in [-0.25, -0.2) is 8.42 Å². The van der Waals surface area contributed by atoms with Crippen molar-refractivity contribution >= 4 is 15.9 Å². The van der Waals surface area contributed by atoms with Crippen LogP contribution in [0.1, 0.15) is 42.7 Å². The molecule has 1 N–H and O–H groups in total. The number of benzene rings is 2. The second kappa shape index (κ2) is 10.8. The van der Waals surface area contributed by atoms with E-state index in [2.05, 4.69) is 5.32 Å². The van der Waals surface area contributed by atoms with Gasteiger partial charge < -0.3 is 19.5 Å². The molecule has 1 atom stereocenters. The largest absolute Gasteiger partial charge is 0.490 e. The van der Waals surface area contributed by atoms with E-state index in [1.54, 1.807) is 0 Å². The Bertz CT molecular complexity index is 1020. The molecule has 8 nitrogen and oxygen atoms in total. The third-order valence-corrected chi connectivity index (χ3v) is 7.05. The number of ether oxygens (including phenoxy) is 3. The number of hydrogen-bond donors (Lipinski definition) is 1. The number of amides is 1. The molecule has 3 rings (SSSR count). The second-order valence-corrected chi connectivity index (χ2v) is 9.25. The molecule has 1 fully saturated rings. The number of carbonyl (C=O) groups excluding carboxylic acids is 1. The van der Waals surface area contributed by atoms with E-state index in [9.17, 15) is 13.2 Å². The first-order valence-corrected chi connectivity index (χ1v) is 12.2. The molecule has 0 bridgehead atoms. The van der Waals surface area contributed by atoms with Gasteiger partial charge in [0.1, 0.15) is 0 Å². The molecule has 0 aromatic heterocycles. The maximum atomic E-state index is 12.7. The monoisotopic (exact) mass is 462 g/mol. The predicted octanol–water partition coefficient (Wildman–Crippen LogP) is 3.00. The van der Waals surface area contributed by atoms with Crippen molar-refractivity contribution in [1.82, 2.24) is 9.62 Å². The van der Waals surface area contributed by atoms with Crippen molar-refractivity contribution in [2.75, 3.05) is 39.5 Å². The molecular weight excluding hydrogens is 432 g/mol. The summed E-state index contributed by atoms with van der Waals surface area (Å²) in [5.41, 5.74) is 1.26. The lowest BCUT2D eigenvalue weighted by Crippen LogP contribution is -2.40. The van der Waals surface area contributed by atoms with Crippen LogP contribution in [0.4, 0.5) is 0 Å². The Hall–Kier alpha value is -2.62. The molecule has 1 amide bonds. The molecule has 1 heterocycles. The van der Waals surface area contributed by atoms with E-state index in [1.165, 1.54) is 28.6 Å². The van der Waals surface area contributed by atoms with Gasteiger partial charge in [0.05, 0.1) is 37.4 Å². The molecule has 2 aromatic carbocycles. The fourth-order valence-corrected chi connectivity index (χ4v) is 4.82. The molecule has 1 aliphatic rings. The van der Waals surface area contributed by atoms with Crippen molar-refractivity contribution in [2.45, 2.75) is 31.7 Å². The van der Waals surface area contributed by atoms with Crippen LogP contribution in [0.2, 0.25) is 0 Å². The van der Waals surface area contributed by atoms with Crippen LogP contribution in [0.3, 0.4) is 0 Å². The van der Waals surface area contributed by atoms with E-state index in [-0.39, 0.29) is 16.8 Å². The minimum absolute atomic E-state index is 0.164. The fourth-order valence-electron chi connectivity index (χ4n) is 3.41. The Morgan fingerprint density at radius 1 is 1.03 bits per heavy atom. The van der Waals surface area contributed by atoms with Gasteiger partial charge >= 0.3 is 0 Å². The summed E-state index contributed by atoms with van der Waals surface area (Å²) < 4.78 is 43.3. The van der Waals surface area contributed by atoms with Crippen LogP contribution in [0.25, 0.3) is 0 Å². The van der Waals surface area contributed by atoms with Gasteiger partial charge in [0.15, 0.2) is 11.5 Å². The first-order chi connectivity index (χ1) is 15.4. The van der Waals surface area contributed by atoms with Crippen molar-refractivity contribution in [1.29, 1.82) is 0 Å². The van der Waals surface area contributed by atoms with E-state index in [0.717, 1.165) is 5.56 Å². The van der Waals surface area contributed by atoms with E-state index in [4.69, 9.17) is 14.2 Å². The molecule has 174 valence electrons. The van der Waals surface area contributed by atoms with Crippen LogP contribution < -0.4 is 14.8 Å². The average Bonchev–Trinajstić information content (AvgIpc) is 2.81. The van der Waals surface area contributed by atoms with Gasteiger partial charge in [-0.05, 0) is 62.7 Å². The molecular formula is C23H30N2O6S. The van der Waals surface area contributed by atoms with E-state index < -0.39 is 10.0 Å². The van der Waals surface area contributed by atoms with Crippen LogP contribution in [0.5, 0.6) is 11.5 Å². The molecule has 0 radical (unpaired) electrons. The second-order valence-electron chi connectivity index (χ2n) is 7.31. The molecule has 1 aliphatic heterocycles. The SMILES string of the molecule is CCOc1ccc([C@H](C)NC(=O)c2ccc(S(=O)(=O)N3CCOCC3)cc2)cc1OCC. The number of nitrogens with one attached hydrogen (secondary N) is 1. The summed E-state index contributed by atoms with van der Waals surface area (Å²) in [5, 5.41) is 2.94. The summed E-state index contributed by atoms with van der Waals surface area (Å²) >= 11 is 0. The molecule has 0 spiro atoms. The highest BCUT2D eigenvalue weighted by Gasteiger charge is 2.26. The van der Waals surface area contributed by atoms with Crippen LogP contribution in [0, 0.1) is 0 Å². The smallest absolute Gasteiger partial charge is 0.251 e. The summed E-state index contributed by atoms with van der Waals surface area (Å²) in [5.74, 6) is 0.999. The molecule has 0 unspecified atom stereocenters. The third-order valence-electron chi connectivity index (χ3n) is 5.14. The van der Waals surface area contributed by atoms with Gasteiger partial charge in [-0.3, -0.25) is 4.79 Å². The molecule has 0 saturated carbocycles. The van der Waals surface area contributed by atoms with Crippen LogP contribution in [0.15, 0.2) is 47.4 Å². The number of carbonyl (C=O) groups is 1. The highest BCUT2D eigenvalue weighted by Crippen LogP contribution is 2.31. The van der Waals surface area contributed by atoms with Crippen LogP contribution in [-0.4, -0.2) is 58.1 Å². The highest BCUT2D eigenvalue weighted by atomic mass is 32.2. The zero-order chi connectivity index (χ0) is 23.1. The van der Waals surface area contributed by atoms with Crippen LogP contribution >= 0.6 is 0 Å². The Kier molecular flexibility index (Phi) is 8.11. The quantitative estimate of drug-likeness (QED) is 0.616. The predicted molar refractivity (Wildman–Crippen MR) is 121 cm³/mol.